The van der Waals surface area contributed by atoms with Crippen LogP contribution in [0.5, 0.6) is 0 Å². The number of sulfonamides is 1. The molecule has 1 aromatic carbocycles. The van der Waals surface area contributed by atoms with Crippen LogP contribution in [0.3, 0.4) is 0 Å². The smallest absolute Gasteiger partial charge is 0.242 e. The highest BCUT2D eigenvalue weighted by atomic mass is 35.5. The summed E-state index contributed by atoms with van der Waals surface area (Å²) in [4.78, 5) is 11.0. The first-order valence-corrected chi connectivity index (χ1v) is 7.58. The summed E-state index contributed by atoms with van der Waals surface area (Å²) in [6, 6.07) is 3.94. The molecular weight excluding hydrogens is 290 g/mol. The van der Waals surface area contributed by atoms with E-state index in [1.807, 2.05) is 0 Å². The number of hydrogen-bond acceptors (Lipinski definition) is 4. The van der Waals surface area contributed by atoms with Crippen molar-refractivity contribution in [2.75, 3.05) is 12.3 Å². The average Bonchev–Trinajstić information content (AvgIpc) is 2.35. The number of benzene rings is 1. The van der Waals surface area contributed by atoms with Crippen LogP contribution in [-0.4, -0.2) is 26.9 Å². The first kappa shape index (κ1) is 14.1. The molecule has 1 unspecified atom stereocenters. The van der Waals surface area contributed by atoms with E-state index in [1.54, 1.807) is 0 Å². The molecule has 1 amide bonds. The van der Waals surface area contributed by atoms with Crippen LogP contribution in [0.1, 0.15) is 12.8 Å². The maximum atomic E-state index is 12.2. The van der Waals surface area contributed by atoms with Crippen molar-refractivity contribution in [3.8, 4) is 0 Å². The van der Waals surface area contributed by atoms with Gasteiger partial charge in [0, 0.05) is 24.0 Å². The van der Waals surface area contributed by atoms with Gasteiger partial charge in [-0.3, -0.25) is 4.79 Å². The van der Waals surface area contributed by atoms with Gasteiger partial charge in [0.15, 0.2) is 0 Å². The van der Waals surface area contributed by atoms with E-state index < -0.39 is 10.0 Å². The summed E-state index contributed by atoms with van der Waals surface area (Å²) < 4.78 is 26.9. The molecule has 0 saturated carbocycles. The van der Waals surface area contributed by atoms with Gasteiger partial charge in [0.1, 0.15) is 4.90 Å². The molecule has 0 spiro atoms. The highest BCUT2D eigenvalue weighted by molar-refractivity contribution is 7.89. The van der Waals surface area contributed by atoms with Crippen LogP contribution >= 0.6 is 11.6 Å². The molecular formula is C11H14ClN3O3S. The second kappa shape index (κ2) is 5.36. The summed E-state index contributed by atoms with van der Waals surface area (Å²) in [6.07, 6.45) is 0.768. The van der Waals surface area contributed by atoms with E-state index in [0.29, 0.717) is 17.9 Å². The Balaban J connectivity index is 2.18. The zero-order valence-electron chi connectivity index (χ0n) is 10.0. The van der Waals surface area contributed by atoms with Crippen molar-refractivity contribution < 1.29 is 13.2 Å². The number of hydrogen-bond donors (Lipinski definition) is 3. The lowest BCUT2D eigenvalue weighted by atomic mass is 10.1. The third kappa shape index (κ3) is 3.37. The van der Waals surface area contributed by atoms with E-state index in [9.17, 15) is 13.2 Å². The minimum atomic E-state index is -3.74. The number of carbonyl (C=O) groups excluding carboxylic acids is 1. The Morgan fingerprint density at radius 2 is 2.16 bits per heavy atom. The van der Waals surface area contributed by atoms with Crippen LogP contribution in [-0.2, 0) is 14.8 Å². The minimum absolute atomic E-state index is 0.0445. The Bertz CT molecular complexity index is 593. The van der Waals surface area contributed by atoms with E-state index in [4.69, 9.17) is 17.3 Å². The topological polar surface area (TPSA) is 101 Å². The summed E-state index contributed by atoms with van der Waals surface area (Å²) in [5, 5.41) is 2.91. The lowest BCUT2D eigenvalue weighted by Crippen LogP contribution is -2.47. The van der Waals surface area contributed by atoms with Gasteiger partial charge >= 0.3 is 0 Å². The third-order valence-corrected chi connectivity index (χ3v) is 4.66. The number of carbonyl (C=O) groups is 1. The molecule has 1 saturated heterocycles. The van der Waals surface area contributed by atoms with Gasteiger partial charge in [0.25, 0.3) is 0 Å². The lowest BCUT2D eigenvalue weighted by molar-refractivity contribution is -0.122. The van der Waals surface area contributed by atoms with Crippen LogP contribution < -0.4 is 15.8 Å². The van der Waals surface area contributed by atoms with Crippen LogP contribution in [0.4, 0.5) is 5.69 Å². The normalized spacial score (nSPS) is 20.1. The first-order valence-electron chi connectivity index (χ1n) is 5.72. The molecule has 1 heterocycles. The van der Waals surface area contributed by atoms with Crippen LogP contribution in [0.2, 0.25) is 5.02 Å². The number of amides is 1. The Morgan fingerprint density at radius 1 is 1.42 bits per heavy atom. The Kier molecular flexibility index (Phi) is 3.98. The second-order valence-electron chi connectivity index (χ2n) is 4.34. The molecule has 0 aromatic heterocycles. The molecule has 6 nitrogen and oxygen atoms in total. The van der Waals surface area contributed by atoms with Gasteiger partial charge in [-0.15, -0.1) is 0 Å². The molecule has 2 rings (SSSR count). The number of nitrogen functional groups attached to an aromatic ring is 1. The monoisotopic (exact) mass is 303 g/mol. The maximum absolute atomic E-state index is 12.2. The first-order chi connectivity index (χ1) is 8.88. The van der Waals surface area contributed by atoms with Gasteiger partial charge in [0.2, 0.25) is 15.9 Å². The van der Waals surface area contributed by atoms with Crippen molar-refractivity contribution in [2.24, 2.45) is 0 Å². The molecule has 1 atom stereocenters. The molecule has 8 heteroatoms. The molecule has 1 aromatic rings. The standard InChI is InChI=1S/C11H14ClN3O3S/c12-7-1-3-9(13)10(5-7)19(17,18)15-8-2-4-11(16)14-6-8/h1,3,5,8,15H,2,4,6,13H2,(H,14,16). The molecule has 1 aliphatic rings. The van der Waals surface area contributed by atoms with Gasteiger partial charge in [-0.05, 0) is 24.6 Å². The van der Waals surface area contributed by atoms with Crippen molar-refractivity contribution in [1.82, 2.24) is 10.0 Å². The summed E-state index contributed by atoms with van der Waals surface area (Å²) >= 11 is 5.78. The average molecular weight is 304 g/mol. The number of rotatable bonds is 3. The zero-order valence-corrected chi connectivity index (χ0v) is 11.6. The molecule has 19 heavy (non-hydrogen) atoms. The Hall–Kier alpha value is -1.31. The summed E-state index contributed by atoms with van der Waals surface area (Å²) in [5.41, 5.74) is 5.79. The predicted octanol–water partition coefficient (Wildman–Crippen LogP) is 0.479. The third-order valence-electron chi connectivity index (χ3n) is 2.85. The fourth-order valence-electron chi connectivity index (χ4n) is 1.86. The molecule has 1 aliphatic heterocycles. The largest absolute Gasteiger partial charge is 0.398 e. The maximum Gasteiger partial charge on any atom is 0.242 e. The minimum Gasteiger partial charge on any atom is -0.398 e. The van der Waals surface area contributed by atoms with E-state index in [1.165, 1.54) is 18.2 Å². The van der Waals surface area contributed by atoms with Crippen LogP contribution in [0, 0.1) is 0 Å². The zero-order chi connectivity index (χ0) is 14.0. The van der Waals surface area contributed by atoms with E-state index >= 15 is 0 Å². The lowest BCUT2D eigenvalue weighted by Gasteiger charge is -2.23. The molecule has 0 aliphatic carbocycles. The van der Waals surface area contributed by atoms with Crippen LogP contribution in [0.15, 0.2) is 23.1 Å². The predicted molar refractivity (Wildman–Crippen MR) is 72.2 cm³/mol. The molecule has 0 radical (unpaired) electrons. The fourth-order valence-corrected chi connectivity index (χ4v) is 3.52. The van der Waals surface area contributed by atoms with Crippen LogP contribution in [0.25, 0.3) is 0 Å². The van der Waals surface area contributed by atoms with Gasteiger partial charge in [-0.25, -0.2) is 13.1 Å². The van der Waals surface area contributed by atoms with E-state index in [0.717, 1.165) is 0 Å². The van der Waals surface area contributed by atoms with Gasteiger partial charge in [-0.2, -0.15) is 0 Å². The Labute approximate surface area is 116 Å². The van der Waals surface area contributed by atoms with Gasteiger partial charge in [-0.1, -0.05) is 11.6 Å². The van der Waals surface area contributed by atoms with Crippen molar-refractivity contribution >= 4 is 33.2 Å². The summed E-state index contributed by atoms with van der Waals surface area (Å²) in [6.45, 7) is 0.276. The fraction of sp³-hybridized carbons (Fsp3) is 0.364. The van der Waals surface area contributed by atoms with E-state index in [-0.39, 0.29) is 29.1 Å². The van der Waals surface area contributed by atoms with Gasteiger partial charge in [0.05, 0.1) is 5.69 Å². The van der Waals surface area contributed by atoms with Crippen molar-refractivity contribution in [1.29, 1.82) is 0 Å². The summed E-state index contributed by atoms with van der Waals surface area (Å²) in [5.74, 6) is -0.0716. The highest BCUT2D eigenvalue weighted by Crippen LogP contribution is 2.23. The highest BCUT2D eigenvalue weighted by Gasteiger charge is 2.25. The quantitative estimate of drug-likeness (QED) is 0.707. The Morgan fingerprint density at radius 3 is 2.79 bits per heavy atom. The number of anilines is 1. The number of nitrogens with one attached hydrogen (secondary N) is 2. The SMILES string of the molecule is Nc1ccc(Cl)cc1S(=O)(=O)NC1CCC(=O)NC1. The molecule has 4 N–H and O–H groups in total. The van der Waals surface area contributed by atoms with Gasteiger partial charge < -0.3 is 11.1 Å². The molecule has 1 fully saturated rings. The molecule has 104 valence electrons. The number of piperidine rings is 1. The van der Waals surface area contributed by atoms with Crippen molar-refractivity contribution in [3.05, 3.63) is 23.2 Å². The summed E-state index contributed by atoms with van der Waals surface area (Å²) in [7, 11) is -3.74. The van der Waals surface area contributed by atoms with E-state index in [2.05, 4.69) is 10.0 Å². The van der Waals surface area contributed by atoms with Crippen molar-refractivity contribution in [3.63, 3.8) is 0 Å². The number of halogens is 1. The molecule has 0 bridgehead atoms. The van der Waals surface area contributed by atoms with Crippen molar-refractivity contribution in [2.45, 2.75) is 23.8 Å². The second-order valence-corrected chi connectivity index (χ2v) is 6.46. The number of nitrogens with two attached hydrogens (primary N) is 1.